The number of Topliss-reactive ketones (excluding diaryl/α,β-unsaturated/α-hetero) is 1. The number of carbonyl (C=O) groups is 2. The molecule has 1 atom stereocenters. The maximum Gasteiger partial charge on any atom is 0.295 e. The van der Waals surface area contributed by atoms with E-state index in [1.54, 1.807) is 55.9 Å². The fraction of sp³-hybridized carbons (Fsp3) is 0.276. The molecule has 0 bridgehead atoms. The minimum absolute atomic E-state index is 0.0438. The Kier molecular flexibility index (Phi) is 8.00. The second kappa shape index (κ2) is 11.5. The maximum atomic E-state index is 13.3. The number of ketones is 1. The third-order valence-corrected chi connectivity index (χ3v) is 6.20. The summed E-state index contributed by atoms with van der Waals surface area (Å²) in [5.74, 6) is -0.345. The Morgan fingerprint density at radius 1 is 1.00 bits per heavy atom. The van der Waals surface area contributed by atoms with Crippen molar-refractivity contribution < 1.29 is 24.2 Å². The number of aliphatic hydroxyl groups is 1. The fourth-order valence-corrected chi connectivity index (χ4v) is 4.30. The van der Waals surface area contributed by atoms with Crippen LogP contribution >= 0.6 is 0 Å². The molecule has 1 N–H and O–H groups in total. The first-order valence-corrected chi connectivity index (χ1v) is 12.1. The summed E-state index contributed by atoms with van der Waals surface area (Å²) in [4.78, 5) is 32.0. The highest BCUT2D eigenvalue weighted by atomic mass is 16.5. The summed E-state index contributed by atoms with van der Waals surface area (Å²) in [7, 11) is 1.55. The van der Waals surface area contributed by atoms with Crippen LogP contribution < -0.4 is 9.47 Å². The highest BCUT2D eigenvalue weighted by Crippen LogP contribution is 2.41. The van der Waals surface area contributed by atoms with Crippen molar-refractivity contribution in [3.8, 4) is 11.5 Å². The highest BCUT2D eigenvalue weighted by molar-refractivity contribution is 6.46. The molecule has 2 heterocycles. The Morgan fingerprint density at radius 2 is 1.75 bits per heavy atom. The normalized spacial score (nSPS) is 16.8. The molecule has 0 aliphatic carbocycles. The third-order valence-electron chi connectivity index (χ3n) is 6.20. The average molecular weight is 487 g/mol. The molecule has 3 aromatic rings. The Bertz CT molecular complexity index is 1240. The van der Waals surface area contributed by atoms with Gasteiger partial charge >= 0.3 is 0 Å². The predicted molar refractivity (Wildman–Crippen MR) is 137 cm³/mol. The SMILES string of the molecule is CCCCCOc1cccc(C2/C(=C(\O)c3ccc(OC)cc3)C(=O)C(=O)N2Cc2ccncc2)c1. The molecular weight excluding hydrogens is 456 g/mol. The van der Waals surface area contributed by atoms with Gasteiger partial charge in [-0.2, -0.15) is 0 Å². The van der Waals surface area contributed by atoms with Crippen molar-refractivity contribution in [2.75, 3.05) is 13.7 Å². The minimum Gasteiger partial charge on any atom is -0.507 e. The molecule has 1 amide bonds. The smallest absolute Gasteiger partial charge is 0.295 e. The molecule has 7 heteroatoms. The molecule has 4 rings (SSSR count). The monoisotopic (exact) mass is 486 g/mol. The number of hydrogen-bond donors (Lipinski definition) is 1. The van der Waals surface area contributed by atoms with Crippen LogP contribution in [-0.4, -0.2) is 40.4 Å². The van der Waals surface area contributed by atoms with Crippen LogP contribution in [0.4, 0.5) is 0 Å². The number of ether oxygens (including phenoxy) is 2. The molecule has 0 spiro atoms. The van der Waals surface area contributed by atoms with Gasteiger partial charge in [-0.3, -0.25) is 14.6 Å². The van der Waals surface area contributed by atoms with E-state index in [1.807, 2.05) is 24.3 Å². The van der Waals surface area contributed by atoms with Crippen LogP contribution in [0.2, 0.25) is 0 Å². The average Bonchev–Trinajstić information content (AvgIpc) is 3.16. The van der Waals surface area contributed by atoms with Crippen LogP contribution in [0.15, 0.2) is 78.6 Å². The molecule has 0 radical (unpaired) electrons. The molecule has 1 aliphatic heterocycles. The molecule has 36 heavy (non-hydrogen) atoms. The number of pyridine rings is 1. The molecule has 2 aromatic carbocycles. The summed E-state index contributed by atoms with van der Waals surface area (Å²) >= 11 is 0. The van der Waals surface area contributed by atoms with Gasteiger partial charge in [-0.25, -0.2) is 0 Å². The molecule has 1 aliphatic rings. The van der Waals surface area contributed by atoms with E-state index in [-0.39, 0.29) is 17.9 Å². The standard InChI is InChI=1S/C29H30N2O5/c1-3-4-5-17-36-24-8-6-7-22(18-24)26-25(27(32)21-9-11-23(35-2)12-10-21)28(33)29(34)31(26)19-20-13-15-30-16-14-20/h6-16,18,26,32H,3-5,17,19H2,1-2H3/b27-25+. The van der Waals surface area contributed by atoms with Gasteiger partial charge in [0.05, 0.1) is 25.3 Å². The van der Waals surface area contributed by atoms with Crippen LogP contribution in [0.3, 0.4) is 0 Å². The number of likely N-dealkylation sites (tertiary alicyclic amines) is 1. The van der Waals surface area contributed by atoms with Crippen molar-refractivity contribution in [3.63, 3.8) is 0 Å². The van der Waals surface area contributed by atoms with Gasteiger partial charge in [-0.05, 0) is 66.1 Å². The maximum absolute atomic E-state index is 13.3. The molecular formula is C29H30N2O5. The molecule has 1 aromatic heterocycles. The van der Waals surface area contributed by atoms with E-state index < -0.39 is 17.7 Å². The van der Waals surface area contributed by atoms with E-state index in [0.717, 1.165) is 24.8 Å². The van der Waals surface area contributed by atoms with E-state index in [2.05, 4.69) is 11.9 Å². The van der Waals surface area contributed by atoms with Gasteiger partial charge in [0.25, 0.3) is 11.7 Å². The van der Waals surface area contributed by atoms with Crippen LogP contribution in [0.5, 0.6) is 11.5 Å². The Morgan fingerprint density at radius 3 is 2.44 bits per heavy atom. The number of nitrogens with zero attached hydrogens (tertiary/aromatic N) is 2. The number of carbonyl (C=O) groups excluding carboxylic acids is 2. The van der Waals surface area contributed by atoms with E-state index in [9.17, 15) is 14.7 Å². The van der Waals surface area contributed by atoms with Gasteiger partial charge in [0.15, 0.2) is 0 Å². The molecule has 1 saturated heterocycles. The van der Waals surface area contributed by atoms with Crippen molar-refractivity contribution in [2.24, 2.45) is 0 Å². The first-order chi connectivity index (χ1) is 17.5. The number of rotatable bonds is 10. The number of aromatic nitrogens is 1. The molecule has 0 saturated carbocycles. The van der Waals surface area contributed by atoms with Gasteiger partial charge < -0.3 is 19.5 Å². The van der Waals surface area contributed by atoms with Crippen LogP contribution in [-0.2, 0) is 16.1 Å². The lowest BCUT2D eigenvalue weighted by molar-refractivity contribution is -0.140. The number of methoxy groups -OCH3 is 1. The van der Waals surface area contributed by atoms with Crippen molar-refractivity contribution in [1.82, 2.24) is 9.88 Å². The lowest BCUT2D eigenvalue weighted by atomic mass is 9.95. The zero-order chi connectivity index (χ0) is 25.5. The van der Waals surface area contributed by atoms with Crippen molar-refractivity contribution in [3.05, 3.63) is 95.3 Å². The van der Waals surface area contributed by atoms with E-state index in [4.69, 9.17) is 9.47 Å². The zero-order valence-corrected chi connectivity index (χ0v) is 20.5. The molecule has 1 fully saturated rings. The first kappa shape index (κ1) is 25.0. The Hall–Kier alpha value is -4.13. The summed E-state index contributed by atoms with van der Waals surface area (Å²) in [5.41, 5.74) is 1.98. The number of amides is 1. The summed E-state index contributed by atoms with van der Waals surface area (Å²) in [6.45, 7) is 2.91. The number of unbranched alkanes of at least 4 members (excludes halogenated alkanes) is 2. The molecule has 186 valence electrons. The van der Waals surface area contributed by atoms with E-state index in [0.29, 0.717) is 29.2 Å². The largest absolute Gasteiger partial charge is 0.507 e. The zero-order valence-electron chi connectivity index (χ0n) is 20.5. The van der Waals surface area contributed by atoms with Crippen LogP contribution in [0.1, 0.15) is 48.9 Å². The summed E-state index contributed by atoms with van der Waals surface area (Å²) < 4.78 is 11.1. The summed E-state index contributed by atoms with van der Waals surface area (Å²) in [6.07, 6.45) is 6.40. The molecule has 1 unspecified atom stereocenters. The second-order valence-corrected chi connectivity index (χ2v) is 8.64. The van der Waals surface area contributed by atoms with E-state index >= 15 is 0 Å². The van der Waals surface area contributed by atoms with Crippen molar-refractivity contribution in [2.45, 2.75) is 38.8 Å². The highest BCUT2D eigenvalue weighted by Gasteiger charge is 2.46. The Labute approximate surface area is 211 Å². The summed E-state index contributed by atoms with van der Waals surface area (Å²) in [5, 5.41) is 11.3. The van der Waals surface area contributed by atoms with Gasteiger partial charge in [0, 0.05) is 24.5 Å². The lowest BCUT2D eigenvalue weighted by Gasteiger charge is -2.26. The minimum atomic E-state index is -0.778. The number of benzene rings is 2. The first-order valence-electron chi connectivity index (χ1n) is 12.1. The number of aliphatic hydroxyl groups excluding tert-OH is 1. The Balaban J connectivity index is 1.76. The predicted octanol–water partition coefficient (Wildman–Crippen LogP) is 5.28. The fourth-order valence-electron chi connectivity index (χ4n) is 4.30. The van der Waals surface area contributed by atoms with Crippen LogP contribution in [0, 0.1) is 0 Å². The van der Waals surface area contributed by atoms with Gasteiger partial charge in [0.2, 0.25) is 0 Å². The molecule has 7 nitrogen and oxygen atoms in total. The van der Waals surface area contributed by atoms with E-state index in [1.165, 1.54) is 4.90 Å². The number of hydrogen-bond acceptors (Lipinski definition) is 6. The topological polar surface area (TPSA) is 89.0 Å². The van der Waals surface area contributed by atoms with Crippen molar-refractivity contribution >= 4 is 17.4 Å². The van der Waals surface area contributed by atoms with Crippen molar-refractivity contribution in [1.29, 1.82) is 0 Å². The lowest BCUT2D eigenvalue weighted by Crippen LogP contribution is -2.29. The van der Waals surface area contributed by atoms with Gasteiger partial charge in [-0.1, -0.05) is 31.9 Å². The second-order valence-electron chi connectivity index (χ2n) is 8.64. The third kappa shape index (κ3) is 5.40. The summed E-state index contributed by atoms with van der Waals surface area (Å²) in [6, 6.07) is 16.9. The van der Waals surface area contributed by atoms with Gasteiger partial charge in [0.1, 0.15) is 17.3 Å². The van der Waals surface area contributed by atoms with Gasteiger partial charge in [-0.15, -0.1) is 0 Å². The quantitative estimate of drug-likeness (QED) is 0.182. The van der Waals surface area contributed by atoms with Crippen LogP contribution in [0.25, 0.3) is 5.76 Å².